The quantitative estimate of drug-likeness (QED) is 0.317. The number of carboxylic acids is 1. The third-order valence-electron chi connectivity index (χ3n) is 12.9. The van der Waals surface area contributed by atoms with E-state index in [9.17, 15) is 19.2 Å². The number of aliphatic carboxylic acids is 1. The molecular formula is C38H72FNO5. The molecule has 0 bridgehead atoms. The Morgan fingerprint density at radius 2 is 0.911 bits per heavy atom. The molecule has 0 heterocycles. The molecule has 4 saturated carbocycles. The lowest BCUT2D eigenvalue weighted by atomic mass is 9.47. The SMILES string of the molecule is C.CC(=O)[C@H]1CC(C(C)(C)C)C1(C)C.CC(=O)[C@H]1C[C@@H](C)C1(C)C.CC(=O)[C@H]1C[C@@H](N)C1(C)C.C[C@@H]1C[C@H](C(=O)O)C1(C)C.F. The molecule has 0 amide bonds. The van der Waals surface area contributed by atoms with Gasteiger partial charge in [-0.25, -0.2) is 0 Å². The van der Waals surface area contributed by atoms with E-state index in [0.717, 1.165) is 31.6 Å². The molecule has 0 aromatic rings. The number of carboxylic acid groups (broad SMARTS) is 1. The van der Waals surface area contributed by atoms with Gasteiger partial charge in [-0.15, -0.1) is 0 Å². The van der Waals surface area contributed by atoms with Gasteiger partial charge >= 0.3 is 5.97 Å². The maximum Gasteiger partial charge on any atom is 0.307 e. The Hall–Kier alpha value is -1.63. The number of carbonyl (C=O) groups is 4. The number of carbonyl (C=O) groups excluding carboxylic acids is 3. The summed E-state index contributed by atoms with van der Waals surface area (Å²) in [6.07, 6.45) is 3.92. The van der Waals surface area contributed by atoms with Gasteiger partial charge in [0.15, 0.2) is 0 Å². The van der Waals surface area contributed by atoms with Gasteiger partial charge in [0, 0.05) is 23.8 Å². The molecule has 266 valence electrons. The van der Waals surface area contributed by atoms with E-state index in [1.807, 2.05) is 13.8 Å². The maximum atomic E-state index is 11.3. The fraction of sp³-hybridized carbons (Fsp3) is 0.895. The van der Waals surface area contributed by atoms with Crippen LogP contribution in [0.5, 0.6) is 0 Å². The fourth-order valence-electron chi connectivity index (χ4n) is 8.13. The standard InChI is InChI=1S/C12H22O.C9H16O.C8H15NO.C8H14O2.CH4.FH/c1-8(13)9-7-10(11(2,3)4)12(9,5)6;1-6-5-8(7(2)10)9(6,3)4;1-5(10)6-4-7(9)8(6,2)3;1-5-4-6(7(9)10)8(5,2)3;;/h9-10H,7H2,1-6H3;6,8H,5H2,1-4H3;6-7H,4,9H2,1-3H3;5-6H,4H2,1-3H3,(H,9,10);1H4;1H/t9-,10?;6-,8-;6-,7-;5-,6-;;/m1111../s1. The van der Waals surface area contributed by atoms with Crippen LogP contribution >= 0.6 is 0 Å². The lowest BCUT2D eigenvalue weighted by molar-refractivity contribution is -0.157. The zero-order valence-corrected chi connectivity index (χ0v) is 31.0. The molecule has 1 unspecified atom stereocenters. The van der Waals surface area contributed by atoms with Gasteiger partial charge in [-0.2, -0.15) is 0 Å². The van der Waals surface area contributed by atoms with Crippen LogP contribution in [-0.2, 0) is 19.2 Å². The largest absolute Gasteiger partial charge is 0.481 e. The molecule has 3 N–H and O–H groups in total. The molecule has 7 heteroatoms. The number of halogens is 1. The van der Waals surface area contributed by atoms with Crippen molar-refractivity contribution in [3.05, 3.63) is 0 Å². The summed E-state index contributed by atoms with van der Waals surface area (Å²) in [5.41, 5.74) is 6.62. The summed E-state index contributed by atoms with van der Waals surface area (Å²) in [5, 5.41) is 8.69. The van der Waals surface area contributed by atoms with Crippen molar-refractivity contribution in [1.29, 1.82) is 0 Å². The first-order chi connectivity index (χ1) is 19.0. The molecule has 4 aliphatic carbocycles. The monoisotopic (exact) mass is 642 g/mol. The average Bonchev–Trinajstić information content (AvgIpc) is 2.82. The molecular weight excluding hydrogens is 569 g/mol. The molecule has 4 rings (SSSR count). The number of rotatable bonds is 4. The molecule has 0 saturated heterocycles. The summed E-state index contributed by atoms with van der Waals surface area (Å²) in [7, 11) is 0. The normalized spacial score (nSPS) is 33.9. The van der Waals surface area contributed by atoms with Crippen molar-refractivity contribution in [1.82, 2.24) is 0 Å². The highest BCUT2D eigenvalue weighted by Gasteiger charge is 2.54. The lowest BCUT2D eigenvalue weighted by Crippen LogP contribution is -2.56. The molecule has 8 atom stereocenters. The predicted octanol–water partition coefficient (Wildman–Crippen LogP) is 9.03. The number of ketones is 3. The highest BCUT2D eigenvalue weighted by atomic mass is 19.0. The van der Waals surface area contributed by atoms with Crippen molar-refractivity contribution in [3.63, 3.8) is 0 Å². The minimum atomic E-state index is -0.636. The smallest absolute Gasteiger partial charge is 0.307 e. The van der Waals surface area contributed by atoms with E-state index in [-0.39, 0.29) is 57.5 Å². The molecule has 0 aromatic heterocycles. The zero-order valence-electron chi connectivity index (χ0n) is 31.0. The molecule has 0 radical (unpaired) electrons. The average molecular weight is 642 g/mol. The minimum absolute atomic E-state index is 0. The van der Waals surface area contributed by atoms with Crippen LogP contribution in [0.15, 0.2) is 0 Å². The predicted molar refractivity (Wildman–Crippen MR) is 186 cm³/mol. The molecule has 45 heavy (non-hydrogen) atoms. The van der Waals surface area contributed by atoms with Crippen molar-refractivity contribution >= 4 is 23.3 Å². The maximum absolute atomic E-state index is 11.3. The number of Topliss-reactive ketones (excluding diaryl/α,β-unsaturated/α-hetero) is 3. The van der Waals surface area contributed by atoms with Crippen LogP contribution in [0.25, 0.3) is 0 Å². The van der Waals surface area contributed by atoms with Gasteiger partial charge in [0.2, 0.25) is 0 Å². The van der Waals surface area contributed by atoms with Crippen molar-refractivity contribution in [2.45, 2.75) is 150 Å². The highest BCUT2D eigenvalue weighted by Crippen LogP contribution is 2.58. The van der Waals surface area contributed by atoms with Crippen molar-refractivity contribution < 1.29 is 29.0 Å². The number of hydrogen-bond donors (Lipinski definition) is 2. The third-order valence-corrected chi connectivity index (χ3v) is 12.9. The van der Waals surface area contributed by atoms with Gasteiger partial charge < -0.3 is 10.8 Å². The third kappa shape index (κ3) is 9.70. The van der Waals surface area contributed by atoms with Crippen LogP contribution in [0.2, 0.25) is 0 Å². The van der Waals surface area contributed by atoms with Crippen LogP contribution < -0.4 is 5.73 Å². The first-order valence-electron chi connectivity index (χ1n) is 16.5. The Morgan fingerprint density at radius 1 is 0.600 bits per heavy atom. The summed E-state index contributed by atoms with van der Waals surface area (Å²) < 4.78 is 0. The van der Waals surface area contributed by atoms with E-state index < -0.39 is 5.97 Å². The van der Waals surface area contributed by atoms with Crippen molar-refractivity contribution in [2.75, 3.05) is 0 Å². The molecule has 4 fully saturated rings. The fourth-order valence-corrected chi connectivity index (χ4v) is 8.13. The van der Waals surface area contributed by atoms with Gasteiger partial charge in [-0.3, -0.25) is 23.9 Å². The summed E-state index contributed by atoms with van der Waals surface area (Å²) >= 11 is 0. The van der Waals surface area contributed by atoms with Crippen LogP contribution in [0.3, 0.4) is 0 Å². The molecule has 0 spiro atoms. The Morgan fingerprint density at radius 3 is 1.04 bits per heavy atom. The van der Waals surface area contributed by atoms with Crippen LogP contribution in [0.4, 0.5) is 4.70 Å². The van der Waals surface area contributed by atoms with E-state index in [4.69, 9.17) is 10.8 Å². The van der Waals surface area contributed by atoms with E-state index in [0.29, 0.717) is 40.7 Å². The lowest BCUT2D eigenvalue weighted by Gasteiger charge is -2.57. The van der Waals surface area contributed by atoms with Crippen molar-refractivity contribution in [3.8, 4) is 0 Å². The summed E-state index contributed by atoms with van der Waals surface area (Å²) in [6.45, 7) is 33.3. The second kappa shape index (κ2) is 15.5. The van der Waals surface area contributed by atoms with Crippen LogP contribution in [0, 0.1) is 68.5 Å². The highest BCUT2D eigenvalue weighted by molar-refractivity contribution is 5.81. The number of hydrogen-bond acceptors (Lipinski definition) is 5. The van der Waals surface area contributed by atoms with Crippen LogP contribution in [-0.4, -0.2) is 34.5 Å². The van der Waals surface area contributed by atoms with Crippen molar-refractivity contribution in [2.24, 2.45) is 74.2 Å². The Balaban J connectivity index is 0. The zero-order chi connectivity index (χ0) is 34.3. The first kappa shape index (κ1) is 45.5. The molecule has 0 aromatic carbocycles. The van der Waals surface area contributed by atoms with E-state index in [1.165, 1.54) is 0 Å². The topological polar surface area (TPSA) is 115 Å². The minimum Gasteiger partial charge on any atom is -0.481 e. The first-order valence-corrected chi connectivity index (χ1v) is 16.5. The summed E-state index contributed by atoms with van der Waals surface area (Å²) in [4.78, 5) is 43.8. The molecule has 6 nitrogen and oxygen atoms in total. The molecule has 4 aliphatic rings. The van der Waals surface area contributed by atoms with Gasteiger partial charge in [0.05, 0.1) is 5.92 Å². The second-order valence-electron chi connectivity index (χ2n) is 17.9. The van der Waals surface area contributed by atoms with E-state index >= 15 is 0 Å². The van der Waals surface area contributed by atoms with E-state index in [1.54, 1.807) is 20.8 Å². The Kier molecular flexibility index (Phi) is 15.7. The van der Waals surface area contributed by atoms with Gasteiger partial charge in [-0.1, -0.05) is 97.4 Å². The Labute approximate surface area is 276 Å². The van der Waals surface area contributed by atoms with Crippen LogP contribution in [0.1, 0.15) is 144 Å². The molecule has 0 aliphatic heterocycles. The van der Waals surface area contributed by atoms with Gasteiger partial charge in [0.1, 0.15) is 17.3 Å². The van der Waals surface area contributed by atoms with Gasteiger partial charge in [-0.05, 0) is 91.3 Å². The Bertz CT molecular complexity index is 947. The number of nitrogens with two attached hydrogens (primary N) is 1. The second-order valence-corrected chi connectivity index (χ2v) is 17.9. The summed E-state index contributed by atoms with van der Waals surface area (Å²) in [5.74, 6) is 3.09. The van der Waals surface area contributed by atoms with Gasteiger partial charge in [0.25, 0.3) is 0 Å². The van der Waals surface area contributed by atoms with E-state index in [2.05, 4.69) is 76.2 Å². The summed E-state index contributed by atoms with van der Waals surface area (Å²) in [6, 6.07) is 0.224.